The Morgan fingerprint density at radius 3 is 2.70 bits per heavy atom. The number of nitrogens with one attached hydrogen (secondary N) is 1. The van der Waals surface area contributed by atoms with Crippen LogP contribution in [-0.4, -0.2) is 34.6 Å². The Morgan fingerprint density at radius 1 is 1.15 bits per heavy atom. The van der Waals surface area contributed by atoms with Crippen molar-refractivity contribution in [2.45, 2.75) is 6.54 Å². The number of rotatable bonds is 5. The topological polar surface area (TPSA) is 77.8 Å². The lowest BCUT2D eigenvalue weighted by atomic mass is 10.1. The molecule has 2 heterocycles. The van der Waals surface area contributed by atoms with Gasteiger partial charge in [-0.25, -0.2) is 14.8 Å². The van der Waals surface area contributed by atoms with E-state index in [-0.39, 0.29) is 5.97 Å². The summed E-state index contributed by atoms with van der Waals surface area (Å²) < 4.78 is 11.9. The van der Waals surface area contributed by atoms with E-state index >= 15 is 0 Å². The summed E-state index contributed by atoms with van der Waals surface area (Å²) in [5.41, 5.74) is 3.22. The van der Waals surface area contributed by atoms with Crippen LogP contribution in [0.2, 0.25) is 0 Å². The predicted molar refractivity (Wildman–Crippen MR) is 102 cm³/mol. The minimum Gasteiger partial charge on any atom is -0.497 e. The van der Waals surface area contributed by atoms with Gasteiger partial charge in [0.05, 0.1) is 37.0 Å². The predicted octanol–water partition coefficient (Wildman–Crippen LogP) is 3.29. The SMILES string of the molecule is COC(=O)c1ccc2nc(NCc3ccc(OC)cc3)n3cncc3c2c1. The lowest BCUT2D eigenvalue weighted by Crippen LogP contribution is -2.07. The third-order valence-corrected chi connectivity index (χ3v) is 4.40. The molecule has 2 aromatic heterocycles. The maximum absolute atomic E-state index is 11.8. The van der Waals surface area contributed by atoms with Gasteiger partial charge in [0.15, 0.2) is 0 Å². The first-order chi connectivity index (χ1) is 13.2. The molecule has 4 rings (SSSR count). The van der Waals surface area contributed by atoms with Gasteiger partial charge in [0.2, 0.25) is 5.95 Å². The second kappa shape index (κ2) is 6.95. The fourth-order valence-electron chi connectivity index (χ4n) is 2.96. The number of esters is 1. The molecule has 0 aliphatic carbocycles. The molecule has 0 radical (unpaired) electrons. The average molecular weight is 362 g/mol. The highest BCUT2D eigenvalue weighted by Gasteiger charge is 2.12. The molecule has 136 valence electrons. The number of imidazole rings is 1. The van der Waals surface area contributed by atoms with Crippen molar-refractivity contribution in [3.05, 3.63) is 66.1 Å². The molecule has 0 bridgehead atoms. The van der Waals surface area contributed by atoms with Crippen molar-refractivity contribution in [3.63, 3.8) is 0 Å². The molecule has 0 spiro atoms. The van der Waals surface area contributed by atoms with Crippen LogP contribution in [0.25, 0.3) is 16.4 Å². The molecule has 1 N–H and O–H groups in total. The van der Waals surface area contributed by atoms with E-state index < -0.39 is 0 Å². The van der Waals surface area contributed by atoms with E-state index in [1.54, 1.807) is 31.8 Å². The average Bonchev–Trinajstić information content (AvgIpc) is 3.22. The molecule has 0 atom stereocenters. The highest BCUT2D eigenvalue weighted by Crippen LogP contribution is 2.24. The first kappa shape index (κ1) is 16.8. The van der Waals surface area contributed by atoms with Gasteiger partial charge < -0.3 is 14.8 Å². The third-order valence-electron chi connectivity index (χ3n) is 4.40. The summed E-state index contributed by atoms with van der Waals surface area (Å²) in [5.74, 6) is 1.12. The second-order valence-electron chi connectivity index (χ2n) is 6.01. The number of carbonyl (C=O) groups excluding carboxylic acids is 1. The first-order valence-corrected chi connectivity index (χ1v) is 8.40. The molecular formula is C20H18N4O3. The molecular weight excluding hydrogens is 344 g/mol. The molecule has 7 heteroatoms. The number of methoxy groups -OCH3 is 2. The van der Waals surface area contributed by atoms with Crippen molar-refractivity contribution in [1.29, 1.82) is 0 Å². The van der Waals surface area contributed by atoms with Gasteiger partial charge in [0, 0.05) is 11.9 Å². The molecule has 4 aromatic rings. The first-order valence-electron chi connectivity index (χ1n) is 8.40. The molecule has 2 aromatic carbocycles. The van der Waals surface area contributed by atoms with Crippen LogP contribution in [0.15, 0.2) is 55.0 Å². The van der Waals surface area contributed by atoms with Crippen molar-refractivity contribution >= 4 is 28.3 Å². The van der Waals surface area contributed by atoms with Gasteiger partial charge in [0.1, 0.15) is 12.1 Å². The quantitative estimate of drug-likeness (QED) is 0.549. The third kappa shape index (κ3) is 3.15. The summed E-state index contributed by atoms with van der Waals surface area (Å²) in [4.78, 5) is 20.7. The molecule has 0 aliphatic rings. The zero-order valence-corrected chi connectivity index (χ0v) is 15.0. The molecule has 0 saturated carbocycles. The number of carbonyl (C=O) groups is 1. The van der Waals surface area contributed by atoms with Crippen LogP contribution in [0.1, 0.15) is 15.9 Å². The van der Waals surface area contributed by atoms with Crippen LogP contribution >= 0.6 is 0 Å². The summed E-state index contributed by atoms with van der Waals surface area (Å²) in [6, 6.07) is 13.1. The van der Waals surface area contributed by atoms with Crippen molar-refractivity contribution in [2.75, 3.05) is 19.5 Å². The normalized spacial score (nSPS) is 10.9. The Morgan fingerprint density at radius 2 is 1.96 bits per heavy atom. The van der Waals surface area contributed by atoms with Crippen LogP contribution in [0.5, 0.6) is 5.75 Å². The monoisotopic (exact) mass is 362 g/mol. The van der Waals surface area contributed by atoms with Gasteiger partial charge in [-0.1, -0.05) is 12.1 Å². The van der Waals surface area contributed by atoms with Crippen LogP contribution in [0.3, 0.4) is 0 Å². The van der Waals surface area contributed by atoms with Crippen LogP contribution < -0.4 is 10.1 Å². The molecule has 0 unspecified atom stereocenters. The van der Waals surface area contributed by atoms with Gasteiger partial charge >= 0.3 is 5.97 Å². The molecule has 0 fully saturated rings. The van der Waals surface area contributed by atoms with Crippen molar-refractivity contribution < 1.29 is 14.3 Å². The number of anilines is 1. The Labute approximate surface area is 155 Å². The van der Waals surface area contributed by atoms with Crippen LogP contribution in [0.4, 0.5) is 5.95 Å². The Kier molecular flexibility index (Phi) is 4.33. The summed E-state index contributed by atoms with van der Waals surface area (Å²) in [7, 11) is 3.01. The number of ether oxygens (including phenoxy) is 2. The van der Waals surface area contributed by atoms with Gasteiger partial charge in [-0.2, -0.15) is 0 Å². The molecule has 0 amide bonds. The van der Waals surface area contributed by atoms with E-state index in [4.69, 9.17) is 9.47 Å². The minimum absolute atomic E-state index is 0.378. The van der Waals surface area contributed by atoms with Gasteiger partial charge in [-0.15, -0.1) is 0 Å². The summed E-state index contributed by atoms with van der Waals surface area (Å²) in [5, 5.41) is 4.19. The van der Waals surface area contributed by atoms with E-state index in [2.05, 4.69) is 15.3 Å². The van der Waals surface area contributed by atoms with Gasteiger partial charge in [0.25, 0.3) is 0 Å². The Bertz CT molecular complexity index is 1120. The van der Waals surface area contributed by atoms with E-state index in [1.807, 2.05) is 34.7 Å². The smallest absolute Gasteiger partial charge is 0.337 e. The summed E-state index contributed by atoms with van der Waals surface area (Å²) >= 11 is 0. The Hall–Kier alpha value is -3.61. The summed E-state index contributed by atoms with van der Waals surface area (Å²) in [6.07, 6.45) is 3.45. The number of benzene rings is 2. The highest BCUT2D eigenvalue weighted by atomic mass is 16.5. The van der Waals surface area contributed by atoms with E-state index in [0.29, 0.717) is 18.1 Å². The van der Waals surface area contributed by atoms with E-state index in [1.165, 1.54) is 7.11 Å². The van der Waals surface area contributed by atoms with Crippen LogP contribution in [-0.2, 0) is 11.3 Å². The van der Waals surface area contributed by atoms with Crippen molar-refractivity contribution in [1.82, 2.24) is 14.4 Å². The number of hydrogen-bond donors (Lipinski definition) is 1. The lowest BCUT2D eigenvalue weighted by molar-refractivity contribution is 0.0601. The zero-order valence-electron chi connectivity index (χ0n) is 15.0. The van der Waals surface area contributed by atoms with E-state index in [0.717, 1.165) is 27.7 Å². The van der Waals surface area contributed by atoms with E-state index in [9.17, 15) is 4.79 Å². The van der Waals surface area contributed by atoms with Crippen molar-refractivity contribution in [2.24, 2.45) is 0 Å². The maximum Gasteiger partial charge on any atom is 0.337 e. The highest BCUT2D eigenvalue weighted by molar-refractivity contribution is 6.00. The maximum atomic E-state index is 11.8. The van der Waals surface area contributed by atoms with Gasteiger partial charge in [-0.05, 0) is 35.9 Å². The second-order valence-corrected chi connectivity index (χ2v) is 6.01. The fraction of sp³-hybridized carbons (Fsp3) is 0.150. The number of aromatic nitrogens is 3. The zero-order chi connectivity index (χ0) is 18.8. The van der Waals surface area contributed by atoms with Crippen LogP contribution in [0, 0.1) is 0 Å². The minimum atomic E-state index is -0.378. The number of nitrogens with zero attached hydrogens (tertiary/aromatic N) is 3. The molecule has 0 aliphatic heterocycles. The Balaban J connectivity index is 1.69. The summed E-state index contributed by atoms with van der Waals surface area (Å²) in [6.45, 7) is 0.607. The number of fused-ring (bicyclic) bond motifs is 3. The molecule has 27 heavy (non-hydrogen) atoms. The molecule has 7 nitrogen and oxygen atoms in total. The molecule has 0 saturated heterocycles. The fourth-order valence-corrected chi connectivity index (χ4v) is 2.96. The largest absolute Gasteiger partial charge is 0.497 e. The van der Waals surface area contributed by atoms with Gasteiger partial charge in [-0.3, -0.25) is 4.40 Å². The lowest BCUT2D eigenvalue weighted by Gasteiger charge is -2.11. The standard InChI is InChI=1S/C20H18N4O3/c1-26-15-6-3-13(4-7-15)10-22-20-23-17-8-5-14(19(25)27-2)9-16(17)18-11-21-12-24(18)20/h3-9,11-12H,10H2,1-2H3,(H,22,23). The van der Waals surface area contributed by atoms with Crippen molar-refractivity contribution in [3.8, 4) is 5.75 Å². The number of hydrogen-bond acceptors (Lipinski definition) is 6.